The molecule has 0 aliphatic rings. The summed E-state index contributed by atoms with van der Waals surface area (Å²) in [6.07, 6.45) is 0. The van der Waals surface area contributed by atoms with Crippen molar-refractivity contribution in [2.45, 2.75) is 19.9 Å². The van der Waals surface area contributed by atoms with Crippen LogP contribution >= 0.6 is 11.6 Å². The molecular weight excluding hydrogens is 254 g/mol. The van der Waals surface area contributed by atoms with Gasteiger partial charge in [0.1, 0.15) is 6.04 Å². The van der Waals surface area contributed by atoms with E-state index in [1.165, 1.54) is 7.05 Å². The molecule has 3 amide bonds. The number of nitrogens with one attached hydrogen (secondary N) is 3. The van der Waals surface area contributed by atoms with Gasteiger partial charge in [0.2, 0.25) is 5.91 Å². The minimum Gasteiger partial charge on any atom is -0.374 e. The standard InChI is InChI=1S/C12H16ClN3O2/c1-7-9(13)5-4-6-10(7)15-8(2)11(17)16-12(18)14-3/h4-6,8,15H,1-3H3,(H2,14,16,17,18)/t8-/m0/s1. The lowest BCUT2D eigenvalue weighted by Gasteiger charge is -2.16. The van der Waals surface area contributed by atoms with E-state index < -0.39 is 18.0 Å². The molecule has 6 heteroatoms. The molecule has 0 bridgehead atoms. The summed E-state index contributed by atoms with van der Waals surface area (Å²) in [4.78, 5) is 22.7. The van der Waals surface area contributed by atoms with E-state index in [-0.39, 0.29) is 0 Å². The first-order chi connectivity index (χ1) is 8.45. The van der Waals surface area contributed by atoms with Gasteiger partial charge in [0.25, 0.3) is 0 Å². The molecule has 1 aromatic carbocycles. The van der Waals surface area contributed by atoms with E-state index in [1.807, 2.05) is 13.0 Å². The largest absolute Gasteiger partial charge is 0.374 e. The second-order valence-corrected chi connectivity index (χ2v) is 4.25. The predicted octanol–water partition coefficient (Wildman–Crippen LogP) is 1.90. The van der Waals surface area contributed by atoms with Gasteiger partial charge in [-0.1, -0.05) is 17.7 Å². The third-order valence-electron chi connectivity index (χ3n) is 2.50. The van der Waals surface area contributed by atoms with E-state index in [9.17, 15) is 9.59 Å². The number of imide groups is 1. The third kappa shape index (κ3) is 3.63. The van der Waals surface area contributed by atoms with Crippen molar-refractivity contribution < 1.29 is 9.59 Å². The number of urea groups is 1. The highest BCUT2D eigenvalue weighted by Crippen LogP contribution is 2.23. The van der Waals surface area contributed by atoms with Gasteiger partial charge in [-0.25, -0.2) is 4.79 Å². The van der Waals surface area contributed by atoms with E-state index in [1.54, 1.807) is 19.1 Å². The summed E-state index contributed by atoms with van der Waals surface area (Å²) in [6.45, 7) is 3.52. The third-order valence-corrected chi connectivity index (χ3v) is 2.91. The van der Waals surface area contributed by atoms with Crippen LogP contribution in [-0.4, -0.2) is 25.0 Å². The Morgan fingerprint density at radius 1 is 1.33 bits per heavy atom. The fourth-order valence-electron chi connectivity index (χ4n) is 1.35. The van der Waals surface area contributed by atoms with Gasteiger partial charge in [-0.15, -0.1) is 0 Å². The zero-order chi connectivity index (χ0) is 13.7. The van der Waals surface area contributed by atoms with Gasteiger partial charge in [0.15, 0.2) is 0 Å². The van der Waals surface area contributed by atoms with Crippen LogP contribution in [0.2, 0.25) is 5.02 Å². The van der Waals surface area contributed by atoms with Crippen molar-refractivity contribution in [3.05, 3.63) is 28.8 Å². The van der Waals surface area contributed by atoms with Crippen LogP contribution in [-0.2, 0) is 4.79 Å². The van der Waals surface area contributed by atoms with E-state index >= 15 is 0 Å². The van der Waals surface area contributed by atoms with Crippen LogP contribution in [0, 0.1) is 6.92 Å². The fraction of sp³-hybridized carbons (Fsp3) is 0.333. The van der Waals surface area contributed by atoms with Gasteiger partial charge in [-0.2, -0.15) is 0 Å². The van der Waals surface area contributed by atoms with Crippen molar-refractivity contribution in [3.8, 4) is 0 Å². The van der Waals surface area contributed by atoms with Crippen LogP contribution in [0.3, 0.4) is 0 Å². The number of benzene rings is 1. The van der Waals surface area contributed by atoms with Gasteiger partial charge >= 0.3 is 6.03 Å². The Hall–Kier alpha value is -1.75. The number of amides is 3. The first-order valence-electron chi connectivity index (χ1n) is 5.50. The van der Waals surface area contributed by atoms with Crippen molar-refractivity contribution in [1.29, 1.82) is 0 Å². The number of hydrogen-bond acceptors (Lipinski definition) is 3. The number of anilines is 1. The Balaban J connectivity index is 2.69. The van der Waals surface area contributed by atoms with Crippen molar-refractivity contribution in [2.24, 2.45) is 0 Å². The maximum atomic E-state index is 11.6. The zero-order valence-corrected chi connectivity index (χ0v) is 11.3. The Morgan fingerprint density at radius 3 is 2.61 bits per heavy atom. The molecule has 1 aromatic rings. The highest BCUT2D eigenvalue weighted by atomic mass is 35.5. The van der Waals surface area contributed by atoms with Gasteiger partial charge in [-0.3, -0.25) is 10.1 Å². The number of carbonyl (C=O) groups excluding carboxylic acids is 2. The number of hydrogen-bond donors (Lipinski definition) is 3. The summed E-state index contributed by atoms with van der Waals surface area (Å²) in [5.74, 6) is -0.409. The van der Waals surface area contributed by atoms with Crippen molar-refractivity contribution in [2.75, 3.05) is 12.4 Å². The minimum absolute atomic E-state index is 0.409. The molecule has 0 spiro atoms. The predicted molar refractivity (Wildman–Crippen MR) is 71.9 cm³/mol. The first kappa shape index (κ1) is 14.3. The lowest BCUT2D eigenvalue weighted by molar-refractivity contribution is -0.120. The van der Waals surface area contributed by atoms with Crippen LogP contribution < -0.4 is 16.0 Å². The van der Waals surface area contributed by atoms with Crippen LogP contribution in [0.1, 0.15) is 12.5 Å². The molecule has 0 aliphatic heterocycles. The van der Waals surface area contributed by atoms with Gasteiger partial charge in [-0.05, 0) is 31.5 Å². The molecule has 5 nitrogen and oxygen atoms in total. The van der Waals surface area contributed by atoms with Gasteiger partial charge in [0.05, 0.1) is 0 Å². The van der Waals surface area contributed by atoms with Crippen LogP contribution in [0.25, 0.3) is 0 Å². The molecule has 0 aliphatic carbocycles. The summed E-state index contributed by atoms with van der Waals surface area (Å²) in [5, 5.41) is 8.14. The molecule has 1 rings (SSSR count). The average molecular weight is 270 g/mol. The van der Waals surface area contributed by atoms with E-state index in [0.717, 1.165) is 11.3 Å². The topological polar surface area (TPSA) is 70.2 Å². The van der Waals surface area contributed by atoms with Crippen LogP contribution in [0.4, 0.5) is 10.5 Å². The van der Waals surface area contributed by atoms with Crippen molar-refractivity contribution in [3.63, 3.8) is 0 Å². The number of halogens is 1. The summed E-state index contributed by atoms with van der Waals surface area (Å²) >= 11 is 5.98. The SMILES string of the molecule is CNC(=O)NC(=O)[C@H](C)Nc1cccc(Cl)c1C. The van der Waals surface area contributed by atoms with E-state index in [4.69, 9.17) is 11.6 Å². The quantitative estimate of drug-likeness (QED) is 0.785. The maximum Gasteiger partial charge on any atom is 0.321 e. The van der Waals surface area contributed by atoms with Gasteiger partial charge < -0.3 is 10.6 Å². The fourth-order valence-corrected chi connectivity index (χ4v) is 1.52. The molecule has 98 valence electrons. The second-order valence-electron chi connectivity index (χ2n) is 3.85. The summed E-state index contributed by atoms with van der Waals surface area (Å²) < 4.78 is 0. The lowest BCUT2D eigenvalue weighted by Crippen LogP contribution is -2.44. The highest BCUT2D eigenvalue weighted by Gasteiger charge is 2.15. The molecule has 0 radical (unpaired) electrons. The molecule has 0 aromatic heterocycles. The molecule has 0 saturated heterocycles. The smallest absolute Gasteiger partial charge is 0.321 e. The second kappa shape index (κ2) is 6.26. The first-order valence-corrected chi connectivity index (χ1v) is 5.87. The number of rotatable bonds is 3. The van der Waals surface area contributed by atoms with Crippen LogP contribution in [0.15, 0.2) is 18.2 Å². The average Bonchev–Trinajstić information content (AvgIpc) is 2.34. The molecule has 1 atom stereocenters. The number of carbonyl (C=O) groups is 2. The monoisotopic (exact) mass is 269 g/mol. The molecule has 0 unspecified atom stereocenters. The summed E-state index contributed by atoms with van der Waals surface area (Å²) in [5.41, 5.74) is 1.63. The Morgan fingerprint density at radius 2 is 2.00 bits per heavy atom. The summed E-state index contributed by atoms with van der Waals surface area (Å²) in [6, 6.07) is 4.32. The highest BCUT2D eigenvalue weighted by molar-refractivity contribution is 6.31. The Labute approximate surface area is 111 Å². The van der Waals surface area contributed by atoms with Crippen molar-refractivity contribution >= 4 is 29.2 Å². The van der Waals surface area contributed by atoms with E-state index in [2.05, 4.69) is 16.0 Å². The molecule has 18 heavy (non-hydrogen) atoms. The summed E-state index contributed by atoms with van der Waals surface area (Å²) in [7, 11) is 1.45. The molecular formula is C12H16ClN3O2. The van der Waals surface area contributed by atoms with E-state index in [0.29, 0.717) is 5.02 Å². The normalized spacial score (nSPS) is 11.6. The lowest BCUT2D eigenvalue weighted by atomic mass is 10.2. The molecule has 3 N–H and O–H groups in total. The Bertz CT molecular complexity index is 463. The van der Waals surface area contributed by atoms with Crippen molar-refractivity contribution in [1.82, 2.24) is 10.6 Å². The molecule has 0 saturated carbocycles. The van der Waals surface area contributed by atoms with Gasteiger partial charge in [0, 0.05) is 17.8 Å². The molecule has 0 fully saturated rings. The van der Waals surface area contributed by atoms with Crippen LogP contribution in [0.5, 0.6) is 0 Å². The minimum atomic E-state index is -0.542. The molecule has 0 heterocycles. The zero-order valence-electron chi connectivity index (χ0n) is 10.5. The maximum absolute atomic E-state index is 11.6. The Kier molecular flexibility index (Phi) is 4.97.